The molecule has 2 rings (SSSR count). The maximum absolute atomic E-state index is 12.1. The Bertz CT molecular complexity index is 927. The molecule has 0 saturated heterocycles. The summed E-state index contributed by atoms with van der Waals surface area (Å²) in [6.07, 6.45) is 5.80. The van der Waals surface area contributed by atoms with Gasteiger partial charge in [-0.1, -0.05) is 59.7 Å². The van der Waals surface area contributed by atoms with Gasteiger partial charge in [0.1, 0.15) is 6.61 Å². The van der Waals surface area contributed by atoms with Gasteiger partial charge in [0.2, 0.25) is 5.91 Å². The Morgan fingerprint density at radius 2 is 1.37 bits per heavy atom. The first-order valence-electron chi connectivity index (χ1n) is 9.42. The molecule has 1 amide bonds. The average Bonchev–Trinajstić information content (AvgIpc) is 2.75. The fourth-order valence-corrected chi connectivity index (χ4v) is 2.44. The number of methoxy groups -OCH3 is 1. The smallest absolute Gasteiger partial charge is 0.331 e. The van der Waals surface area contributed by atoms with E-state index in [0.717, 1.165) is 22.3 Å². The fourth-order valence-electron chi connectivity index (χ4n) is 2.44. The monoisotopic (exact) mass is 407 g/mol. The zero-order chi connectivity index (χ0) is 21.9. The minimum Gasteiger partial charge on any atom is -0.467 e. The molecule has 0 aromatic heterocycles. The van der Waals surface area contributed by atoms with E-state index in [9.17, 15) is 14.4 Å². The molecule has 6 heteroatoms. The van der Waals surface area contributed by atoms with Gasteiger partial charge in [-0.2, -0.15) is 0 Å². The van der Waals surface area contributed by atoms with Crippen LogP contribution in [-0.4, -0.2) is 37.6 Å². The van der Waals surface area contributed by atoms with Crippen molar-refractivity contribution in [3.05, 3.63) is 82.9 Å². The number of carbonyl (C=O) groups excluding carboxylic acids is 3. The number of benzene rings is 2. The number of hydrogen-bond donors (Lipinski definition) is 1. The zero-order valence-corrected chi connectivity index (χ0v) is 17.3. The lowest BCUT2D eigenvalue weighted by atomic mass is 10.1. The highest BCUT2D eigenvalue weighted by molar-refractivity contribution is 5.95. The van der Waals surface area contributed by atoms with Crippen molar-refractivity contribution in [3.8, 4) is 0 Å². The van der Waals surface area contributed by atoms with Crippen LogP contribution in [-0.2, 0) is 23.9 Å². The van der Waals surface area contributed by atoms with E-state index in [1.807, 2.05) is 62.4 Å². The summed E-state index contributed by atoms with van der Waals surface area (Å²) in [4.78, 5) is 36.0. The fraction of sp³-hybridized carbons (Fsp3) is 0.208. The molecular weight excluding hydrogens is 382 g/mol. The molecule has 1 N–H and O–H groups in total. The molecule has 0 aliphatic heterocycles. The summed E-state index contributed by atoms with van der Waals surface area (Å²) >= 11 is 0. The van der Waals surface area contributed by atoms with Crippen LogP contribution in [0, 0.1) is 13.8 Å². The quantitative estimate of drug-likeness (QED) is 0.537. The Morgan fingerprint density at radius 1 is 0.867 bits per heavy atom. The van der Waals surface area contributed by atoms with Gasteiger partial charge < -0.3 is 14.8 Å². The number of esters is 2. The largest absolute Gasteiger partial charge is 0.467 e. The first kappa shape index (κ1) is 22.6. The van der Waals surface area contributed by atoms with E-state index >= 15 is 0 Å². The van der Waals surface area contributed by atoms with Crippen LogP contribution in [0.25, 0.3) is 12.2 Å². The van der Waals surface area contributed by atoms with Gasteiger partial charge in [-0.05, 0) is 37.1 Å². The molecule has 0 radical (unpaired) electrons. The molecule has 0 unspecified atom stereocenters. The summed E-state index contributed by atoms with van der Waals surface area (Å²) in [5.41, 5.74) is 3.91. The molecule has 2 aromatic rings. The molecule has 0 bridgehead atoms. The molecule has 156 valence electrons. The molecule has 30 heavy (non-hydrogen) atoms. The molecular formula is C24H25NO5. The third-order valence-electron chi connectivity index (χ3n) is 4.19. The second-order valence-corrected chi connectivity index (χ2v) is 6.70. The predicted octanol–water partition coefficient (Wildman–Crippen LogP) is 3.23. The van der Waals surface area contributed by atoms with Crippen molar-refractivity contribution in [3.63, 3.8) is 0 Å². The third kappa shape index (κ3) is 7.75. The number of aryl methyl sites for hydroxylation is 2. The molecule has 0 aliphatic rings. The Labute approximate surface area is 176 Å². The van der Waals surface area contributed by atoms with Crippen LogP contribution in [0.1, 0.15) is 22.3 Å². The van der Waals surface area contributed by atoms with Crippen molar-refractivity contribution in [2.24, 2.45) is 0 Å². The summed E-state index contributed by atoms with van der Waals surface area (Å²) < 4.78 is 9.76. The van der Waals surface area contributed by atoms with Crippen molar-refractivity contribution in [2.75, 3.05) is 13.7 Å². The summed E-state index contributed by atoms with van der Waals surface area (Å²) in [7, 11) is 1.20. The summed E-state index contributed by atoms with van der Waals surface area (Å²) in [6.45, 7) is 3.60. The SMILES string of the molecule is COC(=O)[C@H](COC(=O)/C=C/c1ccc(C)cc1)NC(=O)/C=C/c1ccc(C)cc1. The van der Waals surface area contributed by atoms with E-state index in [1.54, 1.807) is 12.2 Å². The second-order valence-electron chi connectivity index (χ2n) is 6.70. The van der Waals surface area contributed by atoms with E-state index < -0.39 is 23.9 Å². The minimum absolute atomic E-state index is 0.339. The van der Waals surface area contributed by atoms with Crippen molar-refractivity contribution >= 4 is 30.0 Å². The van der Waals surface area contributed by atoms with Gasteiger partial charge in [0.25, 0.3) is 0 Å². The van der Waals surface area contributed by atoms with Gasteiger partial charge in [-0.15, -0.1) is 0 Å². The zero-order valence-electron chi connectivity index (χ0n) is 17.3. The molecule has 0 spiro atoms. The van der Waals surface area contributed by atoms with Crippen LogP contribution >= 0.6 is 0 Å². The third-order valence-corrected chi connectivity index (χ3v) is 4.19. The van der Waals surface area contributed by atoms with Crippen LogP contribution in [0.4, 0.5) is 0 Å². The number of carbonyl (C=O) groups is 3. The lowest BCUT2D eigenvalue weighted by Gasteiger charge is -2.15. The first-order chi connectivity index (χ1) is 14.4. The van der Waals surface area contributed by atoms with Gasteiger partial charge >= 0.3 is 11.9 Å². The van der Waals surface area contributed by atoms with Gasteiger partial charge in [-0.3, -0.25) is 4.79 Å². The minimum atomic E-state index is -1.11. The molecule has 0 heterocycles. The summed E-state index contributed by atoms with van der Waals surface area (Å²) in [5, 5.41) is 2.48. The highest BCUT2D eigenvalue weighted by Gasteiger charge is 2.22. The van der Waals surface area contributed by atoms with Crippen molar-refractivity contribution in [1.82, 2.24) is 5.32 Å². The van der Waals surface area contributed by atoms with Crippen LogP contribution in [0.2, 0.25) is 0 Å². The first-order valence-corrected chi connectivity index (χ1v) is 9.42. The van der Waals surface area contributed by atoms with Gasteiger partial charge in [0, 0.05) is 12.2 Å². The van der Waals surface area contributed by atoms with E-state index in [4.69, 9.17) is 4.74 Å². The number of hydrogen-bond acceptors (Lipinski definition) is 5. The van der Waals surface area contributed by atoms with Crippen molar-refractivity contribution in [2.45, 2.75) is 19.9 Å². The average molecular weight is 407 g/mol. The topological polar surface area (TPSA) is 81.7 Å². The number of nitrogens with one attached hydrogen (secondary N) is 1. The normalized spacial score (nSPS) is 12.0. The van der Waals surface area contributed by atoms with Crippen LogP contribution < -0.4 is 5.32 Å². The van der Waals surface area contributed by atoms with Crippen LogP contribution in [0.5, 0.6) is 0 Å². The van der Waals surface area contributed by atoms with Gasteiger partial charge in [0.05, 0.1) is 7.11 Å². The second kappa shape index (κ2) is 11.4. The maximum atomic E-state index is 12.1. The predicted molar refractivity (Wildman–Crippen MR) is 115 cm³/mol. The van der Waals surface area contributed by atoms with E-state index in [-0.39, 0.29) is 6.61 Å². The highest BCUT2D eigenvalue weighted by atomic mass is 16.5. The van der Waals surface area contributed by atoms with Crippen LogP contribution in [0.3, 0.4) is 0 Å². The van der Waals surface area contributed by atoms with Crippen LogP contribution in [0.15, 0.2) is 60.7 Å². The summed E-state index contributed by atoms with van der Waals surface area (Å²) in [5.74, 6) is -1.84. The summed E-state index contributed by atoms with van der Waals surface area (Å²) in [6, 6.07) is 14.1. The highest BCUT2D eigenvalue weighted by Crippen LogP contribution is 2.06. The Morgan fingerprint density at radius 3 is 1.87 bits per heavy atom. The molecule has 6 nitrogen and oxygen atoms in total. The lowest BCUT2D eigenvalue weighted by molar-refractivity contribution is -0.149. The molecule has 0 aliphatic carbocycles. The standard InChI is InChI=1S/C24H25NO5/c1-17-4-8-19(9-5-17)12-14-22(26)25-21(24(28)29-3)16-30-23(27)15-13-20-10-6-18(2)7-11-20/h4-15,21H,16H2,1-3H3,(H,25,26)/b14-12+,15-13+/t21-/m0/s1. The molecule has 0 fully saturated rings. The molecule has 1 atom stereocenters. The number of amides is 1. The van der Waals surface area contributed by atoms with E-state index in [0.29, 0.717) is 0 Å². The van der Waals surface area contributed by atoms with Crippen molar-refractivity contribution < 1.29 is 23.9 Å². The lowest BCUT2D eigenvalue weighted by Crippen LogP contribution is -2.44. The number of ether oxygens (including phenoxy) is 2. The van der Waals surface area contributed by atoms with Gasteiger partial charge in [-0.25, -0.2) is 9.59 Å². The Kier molecular flexibility index (Phi) is 8.56. The van der Waals surface area contributed by atoms with E-state index in [2.05, 4.69) is 10.1 Å². The Hall–Kier alpha value is -3.67. The molecule has 2 aromatic carbocycles. The maximum Gasteiger partial charge on any atom is 0.331 e. The van der Waals surface area contributed by atoms with Crippen molar-refractivity contribution in [1.29, 1.82) is 0 Å². The van der Waals surface area contributed by atoms with E-state index in [1.165, 1.54) is 19.3 Å². The van der Waals surface area contributed by atoms with Gasteiger partial charge in [0.15, 0.2) is 6.04 Å². The molecule has 0 saturated carbocycles. The Balaban J connectivity index is 1.90. The number of rotatable bonds is 8.